The summed E-state index contributed by atoms with van der Waals surface area (Å²) in [5.74, 6) is -0.131. The largest absolute Gasteiger partial charge is 0.489 e. The molecule has 6 nitrogen and oxygen atoms in total. The second kappa shape index (κ2) is 7.17. The lowest BCUT2D eigenvalue weighted by molar-refractivity contribution is -0.137. The van der Waals surface area contributed by atoms with Crippen LogP contribution in [0.25, 0.3) is 0 Å². The molecule has 0 saturated heterocycles. The second-order valence-electron chi connectivity index (χ2n) is 5.95. The van der Waals surface area contributed by atoms with Crippen LogP contribution >= 0.6 is 11.6 Å². The van der Waals surface area contributed by atoms with Gasteiger partial charge in [-0.2, -0.15) is 13.2 Å². The molecule has 1 amide bonds. The van der Waals surface area contributed by atoms with E-state index < -0.39 is 21.8 Å². The zero-order valence-corrected chi connectivity index (χ0v) is 16.0. The topological polar surface area (TPSA) is 75.7 Å². The number of hydrogen-bond donors (Lipinski definition) is 1. The van der Waals surface area contributed by atoms with Crippen LogP contribution in [0, 0.1) is 0 Å². The van der Waals surface area contributed by atoms with E-state index in [2.05, 4.69) is 4.72 Å². The first-order chi connectivity index (χ1) is 13.0. The van der Waals surface area contributed by atoms with Crippen molar-refractivity contribution in [3.8, 4) is 5.75 Å². The molecule has 150 valence electrons. The molecule has 0 unspecified atom stereocenters. The Morgan fingerprint density at radius 3 is 2.61 bits per heavy atom. The third-order valence-electron chi connectivity index (χ3n) is 3.99. The van der Waals surface area contributed by atoms with Crippen LogP contribution in [0.15, 0.2) is 41.3 Å². The molecule has 1 aliphatic heterocycles. The van der Waals surface area contributed by atoms with Gasteiger partial charge in [-0.3, -0.25) is 9.52 Å². The fourth-order valence-electron chi connectivity index (χ4n) is 2.72. The highest BCUT2D eigenvalue weighted by Crippen LogP contribution is 2.39. The van der Waals surface area contributed by atoms with Gasteiger partial charge in [0.2, 0.25) is 5.91 Å². The summed E-state index contributed by atoms with van der Waals surface area (Å²) in [6.07, 6.45) is -4.62. The zero-order valence-electron chi connectivity index (χ0n) is 14.4. The Labute approximate surface area is 163 Å². The van der Waals surface area contributed by atoms with E-state index in [4.69, 9.17) is 16.3 Å². The number of anilines is 2. The van der Waals surface area contributed by atoms with E-state index in [0.29, 0.717) is 11.8 Å². The predicted octanol–water partition coefficient (Wildman–Crippen LogP) is 3.90. The van der Waals surface area contributed by atoms with Gasteiger partial charge < -0.3 is 9.64 Å². The van der Waals surface area contributed by atoms with E-state index >= 15 is 0 Å². The molecule has 0 fully saturated rings. The van der Waals surface area contributed by atoms with Gasteiger partial charge in [0.05, 0.1) is 22.8 Å². The molecule has 0 aromatic heterocycles. The van der Waals surface area contributed by atoms with Gasteiger partial charge in [0.15, 0.2) is 0 Å². The van der Waals surface area contributed by atoms with Crippen molar-refractivity contribution >= 4 is 38.9 Å². The van der Waals surface area contributed by atoms with Crippen LogP contribution < -0.4 is 14.4 Å². The van der Waals surface area contributed by atoms with Crippen LogP contribution in [0.3, 0.4) is 0 Å². The third kappa shape index (κ3) is 4.02. The number of amides is 1. The maximum Gasteiger partial charge on any atom is 0.416 e. The molecule has 3 rings (SSSR count). The van der Waals surface area contributed by atoms with Crippen molar-refractivity contribution in [1.29, 1.82) is 0 Å². The number of rotatable bonds is 3. The van der Waals surface area contributed by atoms with Gasteiger partial charge in [0.25, 0.3) is 10.0 Å². The van der Waals surface area contributed by atoms with E-state index in [0.717, 1.165) is 18.2 Å². The molecule has 0 atom stereocenters. The molecule has 1 heterocycles. The highest BCUT2D eigenvalue weighted by Gasteiger charge is 2.31. The highest BCUT2D eigenvalue weighted by molar-refractivity contribution is 7.92. The van der Waals surface area contributed by atoms with Crippen LogP contribution in [0.2, 0.25) is 5.02 Å². The standard InChI is InChI=1S/C17H14ClF3N2O4S/c1-10(24)23-5-6-27-15-9-16(13(18)8-14(15)23)28(25,26)22-12-4-2-3-11(7-12)17(19,20)21/h2-4,7-9,22H,5-6H2,1H3. The minimum atomic E-state index is -4.62. The summed E-state index contributed by atoms with van der Waals surface area (Å²) in [5, 5.41) is -0.199. The van der Waals surface area contributed by atoms with Gasteiger partial charge in [0, 0.05) is 18.7 Å². The normalized spacial score (nSPS) is 14.2. The van der Waals surface area contributed by atoms with E-state index in [-0.39, 0.29) is 40.4 Å². The third-order valence-corrected chi connectivity index (χ3v) is 5.83. The van der Waals surface area contributed by atoms with Crippen molar-refractivity contribution in [3.63, 3.8) is 0 Å². The number of carbonyl (C=O) groups is 1. The molecular formula is C17H14ClF3N2O4S. The molecular weight excluding hydrogens is 421 g/mol. The maximum absolute atomic E-state index is 12.8. The quantitative estimate of drug-likeness (QED) is 0.794. The monoisotopic (exact) mass is 434 g/mol. The van der Waals surface area contributed by atoms with E-state index in [1.54, 1.807) is 0 Å². The van der Waals surface area contributed by atoms with Gasteiger partial charge in [-0.05, 0) is 24.3 Å². The fraction of sp³-hybridized carbons (Fsp3) is 0.235. The first-order valence-corrected chi connectivity index (χ1v) is 9.80. The highest BCUT2D eigenvalue weighted by atomic mass is 35.5. The number of nitrogens with zero attached hydrogens (tertiary/aromatic N) is 1. The van der Waals surface area contributed by atoms with Crippen molar-refractivity contribution in [2.75, 3.05) is 22.8 Å². The van der Waals surface area contributed by atoms with Crippen molar-refractivity contribution in [1.82, 2.24) is 0 Å². The summed E-state index contributed by atoms with van der Waals surface area (Å²) in [6.45, 7) is 1.80. The average molecular weight is 435 g/mol. The summed E-state index contributed by atoms with van der Waals surface area (Å²) in [6, 6.07) is 6.20. The number of fused-ring (bicyclic) bond motifs is 1. The summed E-state index contributed by atoms with van der Waals surface area (Å²) in [4.78, 5) is 12.7. The first kappa shape index (κ1) is 20.3. The Hall–Kier alpha value is -2.46. The van der Waals surface area contributed by atoms with Crippen molar-refractivity contribution < 1.29 is 31.1 Å². The number of hydrogen-bond acceptors (Lipinski definition) is 4. The molecule has 0 saturated carbocycles. The van der Waals surface area contributed by atoms with Crippen molar-refractivity contribution in [2.45, 2.75) is 18.0 Å². The molecule has 1 aliphatic rings. The van der Waals surface area contributed by atoms with Crippen LogP contribution in [0.1, 0.15) is 12.5 Å². The smallest absolute Gasteiger partial charge is 0.416 e. The lowest BCUT2D eigenvalue weighted by atomic mass is 10.2. The number of halogens is 4. The van der Waals surface area contributed by atoms with E-state index in [1.165, 1.54) is 24.0 Å². The molecule has 0 spiro atoms. The predicted molar refractivity (Wildman–Crippen MR) is 97.2 cm³/mol. The molecule has 0 radical (unpaired) electrons. The van der Waals surface area contributed by atoms with Gasteiger partial charge in [-0.1, -0.05) is 17.7 Å². The van der Waals surface area contributed by atoms with Crippen LogP contribution in [-0.4, -0.2) is 27.5 Å². The minimum absolute atomic E-state index is 0.135. The summed E-state index contributed by atoms with van der Waals surface area (Å²) < 4.78 is 71.3. The van der Waals surface area contributed by atoms with Gasteiger partial charge in [-0.15, -0.1) is 0 Å². The van der Waals surface area contributed by atoms with Gasteiger partial charge in [0.1, 0.15) is 17.3 Å². The Morgan fingerprint density at radius 2 is 1.96 bits per heavy atom. The van der Waals surface area contributed by atoms with Gasteiger partial charge >= 0.3 is 6.18 Å². The Kier molecular flexibility index (Phi) is 5.20. The number of sulfonamides is 1. The first-order valence-electron chi connectivity index (χ1n) is 7.93. The number of alkyl halides is 3. The summed E-state index contributed by atoms with van der Waals surface area (Å²) in [7, 11) is -4.31. The second-order valence-corrected chi connectivity index (χ2v) is 8.01. The van der Waals surface area contributed by atoms with Gasteiger partial charge in [-0.25, -0.2) is 8.42 Å². The van der Waals surface area contributed by atoms with E-state index in [1.807, 2.05) is 0 Å². The zero-order chi connectivity index (χ0) is 20.7. The number of nitrogens with one attached hydrogen (secondary N) is 1. The SMILES string of the molecule is CC(=O)N1CCOc2cc(S(=O)(=O)Nc3cccc(C(F)(F)F)c3)c(Cl)cc21. The van der Waals surface area contributed by atoms with Crippen LogP contribution in [0.5, 0.6) is 5.75 Å². The number of carbonyl (C=O) groups excluding carboxylic acids is 1. The molecule has 11 heteroatoms. The fourth-order valence-corrected chi connectivity index (χ4v) is 4.31. The Bertz CT molecular complexity index is 1040. The molecule has 1 N–H and O–H groups in total. The molecule has 0 aliphatic carbocycles. The molecule has 2 aromatic carbocycles. The number of ether oxygens (including phenoxy) is 1. The summed E-state index contributed by atoms with van der Waals surface area (Å²) >= 11 is 6.09. The Balaban J connectivity index is 1.98. The molecule has 2 aromatic rings. The van der Waals surface area contributed by atoms with E-state index in [9.17, 15) is 26.4 Å². The molecule has 0 bridgehead atoms. The maximum atomic E-state index is 12.8. The van der Waals surface area contributed by atoms with Crippen molar-refractivity contribution in [3.05, 3.63) is 47.0 Å². The average Bonchev–Trinajstić information content (AvgIpc) is 2.59. The minimum Gasteiger partial charge on any atom is -0.489 e. The number of benzene rings is 2. The van der Waals surface area contributed by atoms with Crippen molar-refractivity contribution in [2.24, 2.45) is 0 Å². The van der Waals surface area contributed by atoms with Crippen LogP contribution in [0.4, 0.5) is 24.5 Å². The summed E-state index contributed by atoms with van der Waals surface area (Å²) in [5.41, 5.74) is -0.943. The molecule has 28 heavy (non-hydrogen) atoms. The lowest BCUT2D eigenvalue weighted by Crippen LogP contribution is -2.36. The lowest BCUT2D eigenvalue weighted by Gasteiger charge is -2.29. The Morgan fingerprint density at radius 1 is 1.25 bits per heavy atom. The van der Waals surface area contributed by atoms with Crippen LogP contribution in [-0.2, 0) is 21.0 Å².